The first-order chi connectivity index (χ1) is 16.3. The first-order valence-electron chi connectivity index (χ1n) is 10.2. The molecular weight excluding hydrogens is 448 g/mol. The topological polar surface area (TPSA) is 216 Å². The third-order valence-corrected chi connectivity index (χ3v) is 5.21. The molecule has 1 aliphatic heterocycles. The van der Waals surface area contributed by atoms with Gasteiger partial charge in [0, 0.05) is 0 Å². The molecule has 0 spiro atoms. The highest BCUT2D eigenvalue weighted by Gasteiger charge is 2.45. The van der Waals surface area contributed by atoms with E-state index < -0.39 is 37.1 Å². The molecule has 1 aliphatic rings. The van der Waals surface area contributed by atoms with Gasteiger partial charge in [0.1, 0.15) is 37.0 Å². The number of nitrogen functional groups attached to an aromatic ring is 1. The zero-order valence-corrected chi connectivity index (χ0v) is 18.1. The maximum Gasteiger partial charge on any atom is 0.252 e. The van der Waals surface area contributed by atoms with Gasteiger partial charge in [0.05, 0.1) is 17.9 Å². The van der Waals surface area contributed by atoms with Gasteiger partial charge in [0.15, 0.2) is 23.2 Å². The Morgan fingerprint density at radius 3 is 2.76 bits per heavy atom. The second-order valence-electron chi connectivity index (χ2n) is 7.57. The summed E-state index contributed by atoms with van der Waals surface area (Å²) in [6.45, 7) is 1.20. The Morgan fingerprint density at radius 2 is 2.06 bits per heavy atom. The largest absolute Gasteiger partial charge is 0.487 e. The molecule has 0 saturated carbocycles. The van der Waals surface area contributed by atoms with Crippen molar-refractivity contribution in [2.24, 2.45) is 10.8 Å². The average molecular weight is 472 g/mol. The fourth-order valence-electron chi connectivity index (χ4n) is 3.50. The highest BCUT2D eigenvalue weighted by Crippen LogP contribution is 2.35. The van der Waals surface area contributed by atoms with E-state index in [9.17, 15) is 20.1 Å². The van der Waals surface area contributed by atoms with Crippen molar-refractivity contribution < 1.29 is 29.6 Å². The molecule has 8 N–H and O–H groups in total. The van der Waals surface area contributed by atoms with Gasteiger partial charge in [-0.25, -0.2) is 20.4 Å². The van der Waals surface area contributed by atoms with Gasteiger partial charge in [-0.2, -0.15) is 5.10 Å². The summed E-state index contributed by atoms with van der Waals surface area (Å²) in [4.78, 5) is 24.0. The Balaban J connectivity index is 1.60. The maximum atomic E-state index is 11.5. The predicted molar refractivity (Wildman–Crippen MR) is 120 cm³/mol. The first kappa shape index (κ1) is 23.3. The van der Waals surface area contributed by atoms with Crippen molar-refractivity contribution in [3.63, 3.8) is 0 Å². The lowest BCUT2D eigenvalue weighted by Gasteiger charge is -2.19. The van der Waals surface area contributed by atoms with Crippen LogP contribution in [0.2, 0.25) is 0 Å². The minimum atomic E-state index is -1.38. The summed E-state index contributed by atoms with van der Waals surface area (Å²) < 4.78 is 12.7. The van der Waals surface area contributed by atoms with Gasteiger partial charge in [-0.15, -0.1) is 0 Å². The second kappa shape index (κ2) is 9.56. The van der Waals surface area contributed by atoms with Gasteiger partial charge in [0.2, 0.25) is 5.95 Å². The molecule has 1 amide bonds. The zero-order chi connectivity index (χ0) is 24.4. The van der Waals surface area contributed by atoms with E-state index in [0.29, 0.717) is 11.5 Å². The maximum absolute atomic E-state index is 11.5. The van der Waals surface area contributed by atoms with Gasteiger partial charge < -0.3 is 36.3 Å². The number of rotatable bonds is 8. The van der Waals surface area contributed by atoms with Crippen molar-refractivity contribution in [2.45, 2.75) is 31.5 Å². The molecule has 3 aromatic rings. The van der Waals surface area contributed by atoms with Crippen molar-refractivity contribution in [3.05, 3.63) is 36.2 Å². The number of amides is 1. The van der Waals surface area contributed by atoms with E-state index in [1.807, 2.05) is 0 Å². The number of carbonyl (C=O) groups is 1. The van der Waals surface area contributed by atoms with Crippen molar-refractivity contribution in [3.8, 4) is 5.75 Å². The molecule has 0 radical (unpaired) electrons. The highest BCUT2D eigenvalue weighted by atomic mass is 16.6. The molecule has 0 aliphatic carbocycles. The Kier molecular flexibility index (Phi) is 6.56. The van der Waals surface area contributed by atoms with Crippen LogP contribution >= 0.6 is 0 Å². The number of aromatic nitrogens is 4. The fourth-order valence-corrected chi connectivity index (χ4v) is 3.50. The van der Waals surface area contributed by atoms with Crippen molar-refractivity contribution in [2.75, 3.05) is 24.4 Å². The molecule has 1 aromatic carbocycles. The molecule has 4 rings (SSSR count). The van der Waals surface area contributed by atoms with Crippen LogP contribution in [0.25, 0.3) is 11.2 Å². The Labute approximate surface area is 192 Å². The lowest BCUT2D eigenvalue weighted by molar-refractivity contribution is -0.0501. The van der Waals surface area contributed by atoms with Gasteiger partial charge >= 0.3 is 0 Å². The van der Waals surface area contributed by atoms with Crippen molar-refractivity contribution in [1.29, 1.82) is 0 Å². The third-order valence-electron chi connectivity index (χ3n) is 5.21. The first-order valence-corrected chi connectivity index (χ1v) is 10.2. The van der Waals surface area contributed by atoms with Gasteiger partial charge in [0.25, 0.3) is 5.91 Å². The van der Waals surface area contributed by atoms with E-state index in [-0.39, 0.29) is 35.1 Å². The van der Waals surface area contributed by atoms with Gasteiger partial charge in [-0.3, -0.25) is 9.36 Å². The van der Waals surface area contributed by atoms with Gasteiger partial charge in [-0.1, -0.05) is 12.1 Å². The summed E-state index contributed by atoms with van der Waals surface area (Å²) in [6, 6.07) is 6.55. The van der Waals surface area contributed by atoms with Crippen LogP contribution in [0, 0.1) is 0 Å². The standard InChI is InChI=1S/C20H24N8O6/c1-9(7-33-11-5-3-2-4-10(11)17(22)32)26-27-20-25-13-16(21)23-8-24-18(13)28(20)19-15(31)14(30)12(6-29)34-19/h2-5,8,12,14-15,19,29-31H,6-7H2,1H3,(H2,22,32)(H,25,27)(H2,21,23,24)/t12-,14-,15-,19+/m1/s1. The lowest BCUT2D eigenvalue weighted by atomic mass is 10.1. The summed E-state index contributed by atoms with van der Waals surface area (Å²) in [5.74, 6) is -0.125. The normalized spacial score (nSPS) is 22.8. The SMILES string of the molecule is CC(COc1ccccc1C(N)=O)=NNc1nc2c(N)ncnc2n1[C@H]1O[C@H](CO)[C@@H](O)[C@H]1O. The molecule has 14 heteroatoms. The Morgan fingerprint density at radius 1 is 1.29 bits per heavy atom. The number of benzene rings is 1. The monoisotopic (exact) mass is 472 g/mol. The molecule has 4 atom stereocenters. The number of primary amides is 1. The number of anilines is 2. The smallest absolute Gasteiger partial charge is 0.252 e. The molecule has 0 bridgehead atoms. The molecule has 2 aromatic heterocycles. The molecular formula is C20H24N8O6. The lowest BCUT2D eigenvalue weighted by Crippen LogP contribution is -2.33. The molecule has 34 heavy (non-hydrogen) atoms. The zero-order valence-electron chi connectivity index (χ0n) is 18.1. The molecule has 180 valence electrons. The van der Waals surface area contributed by atoms with E-state index >= 15 is 0 Å². The van der Waals surface area contributed by atoms with E-state index in [1.54, 1.807) is 31.2 Å². The summed E-state index contributed by atoms with van der Waals surface area (Å²) in [6.07, 6.45) is -3.63. The van der Waals surface area contributed by atoms with Crippen LogP contribution in [0.5, 0.6) is 5.75 Å². The minimum Gasteiger partial charge on any atom is -0.487 e. The predicted octanol–water partition coefficient (Wildman–Crippen LogP) is -1.01. The number of hydrogen-bond acceptors (Lipinski definition) is 12. The molecule has 3 heterocycles. The number of nitrogens with one attached hydrogen (secondary N) is 1. The van der Waals surface area contributed by atoms with Crippen LogP contribution in [-0.2, 0) is 4.74 Å². The number of nitrogens with two attached hydrogens (primary N) is 2. The summed E-state index contributed by atoms with van der Waals surface area (Å²) in [5, 5.41) is 34.4. The van der Waals surface area contributed by atoms with E-state index in [1.165, 1.54) is 10.9 Å². The number of carbonyl (C=O) groups excluding carboxylic acids is 1. The quantitative estimate of drug-likeness (QED) is 0.172. The van der Waals surface area contributed by atoms with Crippen LogP contribution in [0.3, 0.4) is 0 Å². The minimum absolute atomic E-state index is 0.0212. The summed E-state index contributed by atoms with van der Waals surface area (Å²) >= 11 is 0. The number of imidazole rings is 1. The third kappa shape index (κ3) is 4.34. The fraction of sp³-hybridized carbons (Fsp3) is 0.350. The highest BCUT2D eigenvalue weighted by molar-refractivity contribution is 5.95. The van der Waals surface area contributed by atoms with Crippen molar-refractivity contribution in [1.82, 2.24) is 19.5 Å². The van der Waals surface area contributed by atoms with Crippen molar-refractivity contribution >= 4 is 34.5 Å². The van der Waals surface area contributed by atoms with E-state index in [2.05, 4.69) is 25.5 Å². The van der Waals surface area contributed by atoms with Crippen LogP contribution in [0.4, 0.5) is 11.8 Å². The molecule has 1 fully saturated rings. The molecule has 1 saturated heterocycles. The molecule has 14 nitrogen and oxygen atoms in total. The molecule has 0 unspecified atom stereocenters. The summed E-state index contributed by atoms with van der Waals surface area (Å²) in [5.41, 5.74) is 15.2. The second-order valence-corrected chi connectivity index (χ2v) is 7.57. The number of para-hydroxylation sites is 1. The number of fused-ring (bicyclic) bond motifs is 1. The van der Waals surface area contributed by atoms with Crippen LogP contribution in [-0.4, -0.2) is 78.0 Å². The Hall–Kier alpha value is -3.85. The van der Waals surface area contributed by atoms with E-state index in [0.717, 1.165) is 0 Å². The number of hydrazone groups is 1. The van der Waals surface area contributed by atoms with Crippen LogP contribution < -0.4 is 21.6 Å². The van der Waals surface area contributed by atoms with Gasteiger partial charge in [-0.05, 0) is 19.1 Å². The number of hydrogen-bond donors (Lipinski definition) is 6. The number of aliphatic hydroxyl groups excluding tert-OH is 3. The van der Waals surface area contributed by atoms with Crippen LogP contribution in [0.1, 0.15) is 23.5 Å². The average Bonchev–Trinajstić information content (AvgIpc) is 3.34. The number of nitrogens with zero attached hydrogens (tertiary/aromatic N) is 5. The van der Waals surface area contributed by atoms with Crippen LogP contribution in [0.15, 0.2) is 35.7 Å². The number of aliphatic hydroxyl groups is 3. The van der Waals surface area contributed by atoms with E-state index in [4.69, 9.17) is 20.9 Å². The summed E-state index contributed by atoms with van der Waals surface area (Å²) in [7, 11) is 0. The Bertz CT molecular complexity index is 1230. The number of ether oxygens (including phenoxy) is 2.